The predicted octanol–water partition coefficient (Wildman–Crippen LogP) is 2.93. The quantitative estimate of drug-likeness (QED) is 0.419. The topological polar surface area (TPSA) is 118 Å². The van der Waals surface area contributed by atoms with Crippen molar-refractivity contribution in [1.82, 2.24) is 0 Å². The first-order valence-corrected chi connectivity index (χ1v) is 10.5. The summed E-state index contributed by atoms with van der Waals surface area (Å²) in [5.41, 5.74) is -0.0654. The number of hydrogen-bond acceptors (Lipinski definition) is 6. The molecule has 3 fully saturated rings. The van der Waals surface area contributed by atoms with E-state index >= 15 is 0 Å². The lowest BCUT2D eigenvalue weighted by Gasteiger charge is -2.19. The third-order valence-corrected chi connectivity index (χ3v) is 7.38. The fourth-order valence-corrected chi connectivity index (χ4v) is 6.07. The molecule has 0 aromatic heterocycles. The largest absolute Gasteiger partial charge is 0.283 e. The lowest BCUT2D eigenvalue weighted by atomic mass is 9.81. The summed E-state index contributed by atoms with van der Waals surface area (Å²) in [5.74, 6) is -1.69. The van der Waals surface area contributed by atoms with Crippen LogP contribution in [0.4, 0.5) is 17.1 Å². The Hall–Kier alpha value is -3.88. The Morgan fingerprint density at radius 2 is 1.34 bits per heavy atom. The number of imide groups is 2. The lowest BCUT2D eigenvalue weighted by Crippen LogP contribution is -2.33. The molecule has 2 aromatic carbocycles. The van der Waals surface area contributed by atoms with Gasteiger partial charge in [0, 0.05) is 6.07 Å². The van der Waals surface area contributed by atoms with Crippen LogP contribution in [0.5, 0.6) is 0 Å². The van der Waals surface area contributed by atoms with Crippen LogP contribution in [0.15, 0.2) is 42.5 Å². The van der Waals surface area contributed by atoms with Gasteiger partial charge in [0.25, 0.3) is 17.5 Å². The number of carbonyl (C=O) groups is 4. The second-order valence-corrected chi connectivity index (χ2v) is 8.82. The molecular formula is C23H17N3O6. The Labute approximate surface area is 181 Å². The summed E-state index contributed by atoms with van der Waals surface area (Å²) in [6, 6.07) is 9.95. The van der Waals surface area contributed by atoms with E-state index in [4.69, 9.17) is 0 Å². The number of anilines is 2. The summed E-state index contributed by atoms with van der Waals surface area (Å²) in [7, 11) is 0. The predicted molar refractivity (Wildman–Crippen MR) is 111 cm³/mol. The third-order valence-electron chi connectivity index (χ3n) is 7.38. The number of fused-ring (bicyclic) bond motifs is 6. The van der Waals surface area contributed by atoms with E-state index < -0.39 is 22.4 Å². The highest BCUT2D eigenvalue weighted by Gasteiger charge is 2.61. The molecule has 0 N–H and O–H groups in total. The Kier molecular flexibility index (Phi) is 3.72. The zero-order valence-electron chi connectivity index (χ0n) is 16.8. The molecule has 0 radical (unpaired) electrons. The maximum absolute atomic E-state index is 13.0. The molecule has 1 saturated heterocycles. The van der Waals surface area contributed by atoms with Gasteiger partial charge in [-0.05, 0) is 61.4 Å². The van der Waals surface area contributed by atoms with Crippen molar-refractivity contribution in [3.63, 3.8) is 0 Å². The molecule has 2 bridgehead atoms. The summed E-state index contributed by atoms with van der Waals surface area (Å²) in [4.78, 5) is 64.4. The van der Waals surface area contributed by atoms with Crippen molar-refractivity contribution >= 4 is 40.7 Å². The van der Waals surface area contributed by atoms with Crippen molar-refractivity contribution in [2.45, 2.75) is 19.3 Å². The van der Waals surface area contributed by atoms with Crippen molar-refractivity contribution in [2.24, 2.45) is 23.7 Å². The van der Waals surface area contributed by atoms with Crippen LogP contribution in [0.1, 0.15) is 40.0 Å². The van der Waals surface area contributed by atoms with E-state index in [-0.39, 0.29) is 52.3 Å². The van der Waals surface area contributed by atoms with Gasteiger partial charge in [0.05, 0.1) is 33.7 Å². The van der Waals surface area contributed by atoms with E-state index in [1.807, 2.05) is 0 Å². The van der Waals surface area contributed by atoms with Crippen LogP contribution in [0.25, 0.3) is 0 Å². The van der Waals surface area contributed by atoms with Crippen molar-refractivity contribution in [3.05, 3.63) is 63.7 Å². The van der Waals surface area contributed by atoms with Gasteiger partial charge < -0.3 is 0 Å². The van der Waals surface area contributed by atoms with Crippen molar-refractivity contribution in [1.29, 1.82) is 0 Å². The molecule has 0 spiro atoms. The fraction of sp³-hybridized carbons (Fsp3) is 0.304. The Morgan fingerprint density at radius 1 is 0.781 bits per heavy atom. The molecule has 9 heteroatoms. The summed E-state index contributed by atoms with van der Waals surface area (Å²) in [5, 5.41) is 11.3. The van der Waals surface area contributed by atoms with E-state index in [0.29, 0.717) is 5.69 Å². The maximum atomic E-state index is 13.0. The number of rotatable bonds is 3. The zero-order valence-corrected chi connectivity index (χ0v) is 16.8. The lowest BCUT2D eigenvalue weighted by molar-refractivity contribution is -0.385. The minimum absolute atomic E-state index is 0.0264. The molecule has 6 rings (SSSR count). The molecule has 2 heterocycles. The minimum atomic E-state index is -0.774. The van der Waals surface area contributed by atoms with Crippen LogP contribution < -0.4 is 9.80 Å². The first kappa shape index (κ1) is 18.9. The van der Waals surface area contributed by atoms with Crippen molar-refractivity contribution in [2.75, 3.05) is 9.80 Å². The van der Waals surface area contributed by atoms with Crippen LogP contribution in [0.3, 0.4) is 0 Å². The molecular weight excluding hydrogens is 414 g/mol. The van der Waals surface area contributed by atoms with Gasteiger partial charge in [0.1, 0.15) is 5.56 Å². The molecule has 4 atom stereocenters. The highest BCUT2D eigenvalue weighted by molar-refractivity contribution is 6.35. The van der Waals surface area contributed by atoms with Gasteiger partial charge in [-0.2, -0.15) is 0 Å². The standard InChI is InChI=1S/C23H17N3O6/c27-20-15-2-1-3-16(26(31)32)19(15)23(30)24(20)13-6-8-14(9-7-13)25-21(28)17-11-4-5-12(10-11)18(17)22(25)29/h1-3,6-9,11-12,17-18H,4-5,10H2. The van der Waals surface area contributed by atoms with Crippen LogP contribution in [0.2, 0.25) is 0 Å². The van der Waals surface area contributed by atoms with E-state index in [9.17, 15) is 29.3 Å². The molecule has 2 aliphatic heterocycles. The highest BCUT2D eigenvalue weighted by Crippen LogP contribution is 2.56. The number of amides is 4. The highest BCUT2D eigenvalue weighted by atomic mass is 16.6. The number of nitrogens with zero attached hydrogens (tertiary/aromatic N) is 3. The van der Waals surface area contributed by atoms with Crippen LogP contribution in [-0.2, 0) is 9.59 Å². The van der Waals surface area contributed by atoms with Gasteiger partial charge in [0.15, 0.2) is 0 Å². The number of benzene rings is 2. The smallest absolute Gasteiger partial charge is 0.274 e. The molecule has 32 heavy (non-hydrogen) atoms. The Morgan fingerprint density at radius 3 is 1.91 bits per heavy atom. The molecule has 2 aliphatic carbocycles. The van der Waals surface area contributed by atoms with Crippen molar-refractivity contribution < 1.29 is 24.1 Å². The summed E-state index contributed by atoms with van der Waals surface area (Å²) in [6.07, 6.45) is 2.93. The Bertz CT molecular complexity index is 1220. The Balaban J connectivity index is 1.32. The number of nitro groups is 1. The SMILES string of the molecule is O=C1c2cccc([N+](=O)[O-])c2C(=O)N1c1ccc(N2C(=O)C3C4CCC(C4)C3C2=O)cc1. The molecule has 4 aliphatic rings. The fourth-order valence-electron chi connectivity index (χ4n) is 6.07. The van der Waals surface area contributed by atoms with Gasteiger partial charge in [-0.1, -0.05) is 6.07 Å². The van der Waals surface area contributed by atoms with E-state index in [1.54, 1.807) is 0 Å². The zero-order chi connectivity index (χ0) is 22.3. The van der Waals surface area contributed by atoms with Gasteiger partial charge in [-0.25, -0.2) is 4.90 Å². The third kappa shape index (κ3) is 2.27. The minimum Gasteiger partial charge on any atom is -0.274 e. The second-order valence-electron chi connectivity index (χ2n) is 8.82. The molecule has 2 aromatic rings. The van der Waals surface area contributed by atoms with Gasteiger partial charge in [-0.3, -0.25) is 34.2 Å². The van der Waals surface area contributed by atoms with Crippen molar-refractivity contribution in [3.8, 4) is 0 Å². The van der Waals surface area contributed by atoms with E-state index in [1.165, 1.54) is 47.4 Å². The number of nitro benzene ring substituents is 1. The molecule has 4 amide bonds. The van der Waals surface area contributed by atoms with Crippen LogP contribution in [-0.4, -0.2) is 28.6 Å². The first-order valence-electron chi connectivity index (χ1n) is 10.5. The van der Waals surface area contributed by atoms with Gasteiger partial charge in [-0.15, -0.1) is 0 Å². The summed E-state index contributed by atoms with van der Waals surface area (Å²) >= 11 is 0. The molecule has 4 unspecified atom stereocenters. The van der Waals surface area contributed by atoms with Crippen LogP contribution in [0, 0.1) is 33.8 Å². The van der Waals surface area contributed by atoms with E-state index in [0.717, 1.165) is 24.2 Å². The van der Waals surface area contributed by atoms with Crippen LogP contribution >= 0.6 is 0 Å². The summed E-state index contributed by atoms with van der Waals surface area (Å²) in [6.45, 7) is 0. The number of carbonyl (C=O) groups excluding carboxylic acids is 4. The molecule has 9 nitrogen and oxygen atoms in total. The monoisotopic (exact) mass is 431 g/mol. The van der Waals surface area contributed by atoms with Gasteiger partial charge in [0.2, 0.25) is 11.8 Å². The average Bonchev–Trinajstić information content (AvgIpc) is 3.52. The number of hydrogen-bond donors (Lipinski definition) is 0. The normalized spacial score (nSPS) is 28.0. The van der Waals surface area contributed by atoms with Gasteiger partial charge >= 0.3 is 0 Å². The average molecular weight is 431 g/mol. The second kappa shape index (κ2) is 6.32. The summed E-state index contributed by atoms with van der Waals surface area (Å²) < 4.78 is 0. The molecule has 2 saturated carbocycles. The first-order chi connectivity index (χ1) is 15.4. The molecule has 160 valence electrons. The maximum Gasteiger partial charge on any atom is 0.283 e. The van der Waals surface area contributed by atoms with E-state index in [2.05, 4.69) is 0 Å².